The van der Waals surface area contributed by atoms with Crippen LogP contribution in [0.1, 0.15) is 60.7 Å². The van der Waals surface area contributed by atoms with Crippen molar-refractivity contribution >= 4 is 5.69 Å². The largest absolute Gasteiger partial charge is 0.448 e. The van der Waals surface area contributed by atoms with E-state index in [2.05, 4.69) is 9.83 Å². The van der Waals surface area contributed by atoms with Gasteiger partial charge in [-0.05, 0) is 37.5 Å². The van der Waals surface area contributed by atoms with Crippen LogP contribution < -0.4 is 5.56 Å². The molecule has 3 aromatic rings. The SMILES string of the molecule is [C-]#[N+]c1c(C(F)(F)F)cc(-c2cccc(C)c2)n(Cc2coc(C3CCCCC3)n2)c1=O. The lowest BCUT2D eigenvalue weighted by Crippen LogP contribution is -2.25. The summed E-state index contributed by atoms with van der Waals surface area (Å²) in [6.07, 6.45) is 1.99. The van der Waals surface area contributed by atoms with E-state index in [1.54, 1.807) is 18.2 Å². The van der Waals surface area contributed by atoms with Crippen LogP contribution in [0.5, 0.6) is 0 Å². The molecule has 1 aromatic carbocycles. The van der Waals surface area contributed by atoms with Crippen molar-refractivity contribution in [3.63, 3.8) is 0 Å². The van der Waals surface area contributed by atoms with Crippen molar-refractivity contribution in [3.05, 3.63) is 81.1 Å². The van der Waals surface area contributed by atoms with Crippen molar-refractivity contribution in [1.82, 2.24) is 9.55 Å². The fraction of sp³-hybridized carbons (Fsp3) is 0.375. The maximum absolute atomic E-state index is 13.6. The summed E-state index contributed by atoms with van der Waals surface area (Å²) >= 11 is 0. The van der Waals surface area contributed by atoms with Gasteiger partial charge in [0, 0.05) is 11.6 Å². The number of oxazole rings is 1. The van der Waals surface area contributed by atoms with Gasteiger partial charge in [0.2, 0.25) is 0 Å². The average Bonchev–Trinajstić information content (AvgIpc) is 3.23. The standard InChI is InChI=1S/C24H22F3N3O2/c1-15-7-6-10-17(11-15)20-12-19(24(25,26)27)21(28-2)23(31)30(20)13-18-14-32-22(29-18)16-8-4-3-5-9-16/h6-7,10-12,14,16H,3-5,8-9,13H2,1H3. The summed E-state index contributed by atoms with van der Waals surface area (Å²) in [6.45, 7) is 8.94. The summed E-state index contributed by atoms with van der Waals surface area (Å²) in [4.78, 5) is 20.5. The normalized spacial score (nSPS) is 15.0. The molecule has 0 aliphatic heterocycles. The molecular formula is C24H22F3N3O2. The zero-order valence-electron chi connectivity index (χ0n) is 17.6. The van der Waals surface area contributed by atoms with E-state index in [1.165, 1.54) is 17.3 Å². The van der Waals surface area contributed by atoms with Crippen LogP contribution in [-0.2, 0) is 12.7 Å². The Hall–Kier alpha value is -3.34. The molecule has 1 aliphatic rings. The van der Waals surface area contributed by atoms with Gasteiger partial charge in [-0.3, -0.25) is 4.79 Å². The third-order valence-corrected chi connectivity index (χ3v) is 5.85. The minimum absolute atomic E-state index is 0.0839. The van der Waals surface area contributed by atoms with Crippen LogP contribution in [0.2, 0.25) is 0 Å². The number of nitrogens with zero attached hydrogens (tertiary/aromatic N) is 3. The lowest BCUT2D eigenvalue weighted by Gasteiger charge is -2.18. The van der Waals surface area contributed by atoms with Gasteiger partial charge in [-0.2, -0.15) is 13.2 Å². The highest BCUT2D eigenvalue weighted by atomic mass is 19.4. The number of alkyl halides is 3. The molecule has 5 nitrogen and oxygen atoms in total. The van der Waals surface area contributed by atoms with Crippen molar-refractivity contribution in [1.29, 1.82) is 0 Å². The van der Waals surface area contributed by atoms with Gasteiger partial charge in [0.05, 0.1) is 24.4 Å². The van der Waals surface area contributed by atoms with E-state index >= 15 is 0 Å². The highest BCUT2D eigenvalue weighted by molar-refractivity contribution is 5.66. The van der Waals surface area contributed by atoms with Gasteiger partial charge in [-0.1, -0.05) is 43.0 Å². The van der Waals surface area contributed by atoms with Gasteiger partial charge in [0.15, 0.2) is 5.89 Å². The van der Waals surface area contributed by atoms with Gasteiger partial charge in [0.25, 0.3) is 11.2 Å². The first-order valence-electron chi connectivity index (χ1n) is 10.5. The predicted octanol–water partition coefficient (Wildman–Crippen LogP) is 6.48. The maximum atomic E-state index is 13.6. The third kappa shape index (κ3) is 4.33. The smallest absolute Gasteiger partial charge is 0.407 e. The quantitative estimate of drug-likeness (QED) is 0.436. The molecule has 0 radical (unpaired) electrons. The van der Waals surface area contributed by atoms with Gasteiger partial charge in [-0.15, -0.1) is 0 Å². The van der Waals surface area contributed by atoms with Crippen molar-refractivity contribution in [2.45, 2.75) is 57.7 Å². The van der Waals surface area contributed by atoms with E-state index in [4.69, 9.17) is 11.0 Å². The van der Waals surface area contributed by atoms with Crippen LogP contribution in [0.3, 0.4) is 0 Å². The number of hydrogen-bond acceptors (Lipinski definition) is 3. The molecule has 2 heterocycles. The molecule has 4 rings (SSSR count). The molecule has 32 heavy (non-hydrogen) atoms. The van der Waals surface area contributed by atoms with Crippen LogP contribution in [0, 0.1) is 13.5 Å². The molecule has 1 saturated carbocycles. The first-order chi connectivity index (χ1) is 15.3. The summed E-state index contributed by atoms with van der Waals surface area (Å²) in [7, 11) is 0. The second-order valence-corrected chi connectivity index (χ2v) is 8.17. The molecule has 2 aromatic heterocycles. The molecular weight excluding hydrogens is 419 g/mol. The van der Waals surface area contributed by atoms with E-state index in [9.17, 15) is 18.0 Å². The second-order valence-electron chi connectivity index (χ2n) is 8.17. The zero-order chi connectivity index (χ0) is 22.9. The number of rotatable bonds is 4. The van der Waals surface area contributed by atoms with E-state index in [-0.39, 0.29) is 18.2 Å². The molecule has 0 amide bonds. The van der Waals surface area contributed by atoms with E-state index in [0.29, 0.717) is 17.1 Å². The fourth-order valence-corrected chi connectivity index (χ4v) is 4.25. The molecule has 1 fully saturated rings. The van der Waals surface area contributed by atoms with Gasteiger partial charge in [0.1, 0.15) is 6.26 Å². The molecule has 0 atom stereocenters. The molecule has 1 aliphatic carbocycles. The minimum Gasteiger partial charge on any atom is -0.448 e. The van der Waals surface area contributed by atoms with Crippen molar-refractivity contribution in [2.75, 3.05) is 0 Å². The Balaban J connectivity index is 1.83. The van der Waals surface area contributed by atoms with Crippen molar-refractivity contribution < 1.29 is 17.6 Å². The van der Waals surface area contributed by atoms with Crippen LogP contribution in [0.25, 0.3) is 16.1 Å². The third-order valence-electron chi connectivity index (χ3n) is 5.85. The average molecular weight is 441 g/mol. The Labute approximate surface area is 183 Å². The van der Waals surface area contributed by atoms with Crippen LogP contribution in [0.4, 0.5) is 18.9 Å². The molecule has 166 valence electrons. The first kappa shape index (κ1) is 21.9. The predicted molar refractivity (Wildman–Crippen MR) is 114 cm³/mol. The topological polar surface area (TPSA) is 52.4 Å². The number of aryl methyl sites for hydroxylation is 1. The molecule has 0 unspecified atom stereocenters. The molecule has 0 N–H and O–H groups in total. The van der Waals surface area contributed by atoms with Crippen molar-refractivity contribution in [2.24, 2.45) is 0 Å². The Morgan fingerprint density at radius 3 is 2.62 bits per heavy atom. The number of halogens is 3. The first-order valence-corrected chi connectivity index (χ1v) is 10.5. The Kier molecular flexibility index (Phi) is 5.92. The summed E-state index contributed by atoms with van der Waals surface area (Å²) in [5.74, 6) is 0.819. The summed E-state index contributed by atoms with van der Waals surface area (Å²) < 4.78 is 47.7. The Morgan fingerprint density at radius 2 is 1.97 bits per heavy atom. The number of pyridine rings is 1. The fourth-order valence-electron chi connectivity index (χ4n) is 4.25. The lowest BCUT2D eigenvalue weighted by atomic mass is 9.89. The molecule has 0 bridgehead atoms. The van der Waals surface area contributed by atoms with Crippen molar-refractivity contribution in [3.8, 4) is 11.3 Å². The Bertz CT molecular complexity index is 1230. The highest BCUT2D eigenvalue weighted by Crippen LogP contribution is 2.37. The van der Waals surface area contributed by atoms with E-state index in [1.807, 2.05) is 13.0 Å². The summed E-state index contributed by atoms with van der Waals surface area (Å²) in [6, 6.07) is 7.77. The second kappa shape index (κ2) is 8.65. The molecule has 8 heteroatoms. The van der Waals surface area contributed by atoms with Gasteiger partial charge >= 0.3 is 6.18 Å². The van der Waals surface area contributed by atoms with Gasteiger partial charge in [-0.25, -0.2) is 9.83 Å². The number of aromatic nitrogens is 2. The molecule has 0 saturated heterocycles. The van der Waals surface area contributed by atoms with E-state index < -0.39 is 23.0 Å². The zero-order valence-corrected chi connectivity index (χ0v) is 17.6. The lowest BCUT2D eigenvalue weighted by molar-refractivity contribution is -0.136. The Morgan fingerprint density at radius 1 is 1.22 bits per heavy atom. The summed E-state index contributed by atoms with van der Waals surface area (Å²) in [5, 5.41) is 0. The highest BCUT2D eigenvalue weighted by Gasteiger charge is 2.36. The number of hydrogen-bond donors (Lipinski definition) is 0. The maximum Gasteiger partial charge on any atom is 0.407 e. The van der Waals surface area contributed by atoms with Crippen LogP contribution in [-0.4, -0.2) is 9.55 Å². The van der Waals surface area contributed by atoms with Crippen LogP contribution >= 0.6 is 0 Å². The van der Waals surface area contributed by atoms with Crippen LogP contribution in [0.15, 0.2) is 45.8 Å². The van der Waals surface area contributed by atoms with E-state index in [0.717, 1.165) is 37.3 Å². The number of benzene rings is 1. The minimum atomic E-state index is -4.82. The van der Waals surface area contributed by atoms with Gasteiger partial charge < -0.3 is 8.98 Å². The summed E-state index contributed by atoms with van der Waals surface area (Å²) in [5.41, 5.74) is -1.34. The monoisotopic (exact) mass is 441 g/mol. The molecule has 0 spiro atoms.